The van der Waals surface area contributed by atoms with Gasteiger partial charge in [-0.2, -0.15) is 0 Å². The van der Waals surface area contributed by atoms with Gasteiger partial charge in [0.1, 0.15) is 12.4 Å². The number of anilines is 1. The van der Waals surface area contributed by atoms with E-state index in [-0.39, 0.29) is 42.4 Å². The molecule has 0 aromatic heterocycles. The third kappa shape index (κ3) is 6.00. The zero-order valence-electron chi connectivity index (χ0n) is 19.7. The highest BCUT2D eigenvalue weighted by Crippen LogP contribution is 2.33. The summed E-state index contributed by atoms with van der Waals surface area (Å²) in [5, 5.41) is 2.73. The molecule has 32 heavy (non-hydrogen) atoms. The molecular formula is C24H35N3O5. The lowest BCUT2D eigenvalue weighted by Gasteiger charge is -2.36. The second kappa shape index (κ2) is 10.3. The number of carbonyl (C=O) groups is 3. The number of nitrogens with one attached hydrogen (secondary N) is 1. The fourth-order valence-electron chi connectivity index (χ4n) is 4.09. The van der Waals surface area contributed by atoms with Crippen molar-refractivity contribution in [1.29, 1.82) is 0 Å². The van der Waals surface area contributed by atoms with E-state index in [1.165, 1.54) is 6.92 Å². The van der Waals surface area contributed by atoms with Crippen molar-refractivity contribution in [2.75, 3.05) is 39.2 Å². The molecule has 1 saturated carbocycles. The number of rotatable bonds is 4. The summed E-state index contributed by atoms with van der Waals surface area (Å²) in [5.41, 5.74) is 0.962. The molecule has 1 aromatic carbocycles. The molecule has 3 amide bonds. The molecule has 1 aliphatic heterocycles. The number of hydrogen-bond donors (Lipinski definition) is 1. The number of benzene rings is 1. The summed E-state index contributed by atoms with van der Waals surface area (Å²) >= 11 is 0. The van der Waals surface area contributed by atoms with E-state index in [1.807, 2.05) is 11.8 Å². The van der Waals surface area contributed by atoms with Gasteiger partial charge in [0, 0.05) is 58.3 Å². The van der Waals surface area contributed by atoms with Gasteiger partial charge in [-0.1, -0.05) is 6.92 Å². The van der Waals surface area contributed by atoms with Crippen LogP contribution in [0.2, 0.25) is 0 Å². The average molecular weight is 446 g/mol. The van der Waals surface area contributed by atoms with E-state index < -0.39 is 0 Å². The molecular weight excluding hydrogens is 410 g/mol. The molecule has 1 aliphatic carbocycles. The maximum Gasteiger partial charge on any atom is 0.257 e. The normalized spacial score (nSPS) is 24.7. The van der Waals surface area contributed by atoms with Gasteiger partial charge in [0.05, 0.1) is 17.7 Å². The van der Waals surface area contributed by atoms with E-state index in [0.717, 1.165) is 12.8 Å². The molecule has 8 heteroatoms. The minimum atomic E-state index is -0.213. The Morgan fingerprint density at radius 2 is 1.94 bits per heavy atom. The number of amides is 3. The number of hydrogen-bond acceptors (Lipinski definition) is 5. The molecule has 1 heterocycles. The van der Waals surface area contributed by atoms with Crippen LogP contribution >= 0.6 is 0 Å². The summed E-state index contributed by atoms with van der Waals surface area (Å²) in [4.78, 5) is 41.2. The third-order valence-electron chi connectivity index (χ3n) is 6.25. The Morgan fingerprint density at radius 3 is 2.56 bits per heavy atom. The molecule has 8 nitrogen and oxygen atoms in total. The van der Waals surface area contributed by atoms with E-state index in [0.29, 0.717) is 42.4 Å². The summed E-state index contributed by atoms with van der Waals surface area (Å²) in [7, 11) is 3.37. The van der Waals surface area contributed by atoms with Crippen LogP contribution in [0.5, 0.6) is 5.75 Å². The number of likely N-dealkylation sites (N-methyl/N-ethyl adjacent to an activating group) is 1. The van der Waals surface area contributed by atoms with Crippen molar-refractivity contribution in [3.8, 4) is 5.75 Å². The highest BCUT2D eigenvalue weighted by molar-refractivity contribution is 5.98. The smallest absolute Gasteiger partial charge is 0.257 e. The van der Waals surface area contributed by atoms with Gasteiger partial charge in [-0.05, 0) is 37.8 Å². The Hall–Kier alpha value is -2.61. The molecule has 1 fully saturated rings. The number of carbonyl (C=O) groups excluding carboxylic acids is 3. The Morgan fingerprint density at radius 1 is 1.22 bits per heavy atom. The topological polar surface area (TPSA) is 88.2 Å². The molecule has 0 spiro atoms. The first-order chi connectivity index (χ1) is 15.2. The summed E-state index contributed by atoms with van der Waals surface area (Å²) < 4.78 is 11.8. The Bertz CT molecular complexity index is 854. The van der Waals surface area contributed by atoms with Crippen LogP contribution < -0.4 is 10.1 Å². The van der Waals surface area contributed by atoms with Crippen molar-refractivity contribution >= 4 is 23.4 Å². The van der Waals surface area contributed by atoms with Gasteiger partial charge in [0.15, 0.2) is 0 Å². The standard InChI is InChI=1S/C24H35N3O5/c1-15-12-27(23(29)10-18-6-7-18)16(2)14-32-21-11-19(25-17(3)28)8-9-20(21)24(30)26(4)13-22(15)31-5/h8-9,11,15-16,18,22H,6-7,10,12-14H2,1-5H3,(H,25,28)/t15-,16+,22+/m0/s1. The molecule has 3 atom stereocenters. The van der Waals surface area contributed by atoms with Crippen LogP contribution in [0.4, 0.5) is 5.69 Å². The maximum absolute atomic E-state index is 13.2. The number of ether oxygens (including phenoxy) is 2. The zero-order valence-corrected chi connectivity index (χ0v) is 19.7. The molecule has 0 saturated heterocycles. The van der Waals surface area contributed by atoms with Crippen LogP contribution in [0.25, 0.3) is 0 Å². The fraction of sp³-hybridized carbons (Fsp3) is 0.625. The van der Waals surface area contributed by atoms with Crippen molar-refractivity contribution in [2.24, 2.45) is 11.8 Å². The van der Waals surface area contributed by atoms with Gasteiger partial charge in [-0.15, -0.1) is 0 Å². The van der Waals surface area contributed by atoms with Gasteiger partial charge >= 0.3 is 0 Å². The molecule has 1 N–H and O–H groups in total. The van der Waals surface area contributed by atoms with Gasteiger partial charge in [-0.25, -0.2) is 0 Å². The molecule has 2 aliphatic rings. The van der Waals surface area contributed by atoms with Crippen LogP contribution in [0.15, 0.2) is 18.2 Å². The lowest BCUT2D eigenvalue weighted by Crippen LogP contribution is -2.48. The van der Waals surface area contributed by atoms with E-state index >= 15 is 0 Å². The highest BCUT2D eigenvalue weighted by Gasteiger charge is 2.33. The van der Waals surface area contributed by atoms with Crippen LogP contribution in [0, 0.1) is 11.8 Å². The van der Waals surface area contributed by atoms with Crippen molar-refractivity contribution in [3.63, 3.8) is 0 Å². The lowest BCUT2D eigenvalue weighted by molar-refractivity contribution is -0.135. The molecule has 0 radical (unpaired) electrons. The summed E-state index contributed by atoms with van der Waals surface area (Å²) in [6.45, 7) is 6.62. The number of nitrogens with zero attached hydrogens (tertiary/aromatic N) is 2. The molecule has 3 rings (SSSR count). The van der Waals surface area contributed by atoms with Crippen molar-refractivity contribution in [3.05, 3.63) is 23.8 Å². The third-order valence-corrected chi connectivity index (χ3v) is 6.25. The van der Waals surface area contributed by atoms with Gasteiger partial charge in [0.25, 0.3) is 5.91 Å². The SMILES string of the molecule is CO[C@@H]1CN(C)C(=O)c2ccc(NC(C)=O)cc2OC[C@@H](C)N(C(=O)CC2CC2)C[C@@H]1C. The van der Waals surface area contributed by atoms with Crippen molar-refractivity contribution < 1.29 is 23.9 Å². The molecule has 1 aromatic rings. The quantitative estimate of drug-likeness (QED) is 0.770. The largest absolute Gasteiger partial charge is 0.491 e. The van der Waals surface area contributed by atoms with E-state index in [2.05, 4.69) is 12.2 Å². The van der Waals surface area contributed by atoms with Crippen LogP contribution in [-0.2, 0) is 14.3 Å². The highest BCUT2D eigenvalue weighted by atomic mass is 16.5. The summed E-state index contributed by atoms with van der Waals surface area (Å²) in [5.74, 6) is 0.676. The van der Waals surface area contributed by atoms with E-state index in [4.69, 9.17) is 9.47 Å². The summed E-state index contributed by atoms with van der Waals surface area (Å²) in [6.07, 6.45) is 2.59. The Labute approximate surface area is 190 Å². The van der Waals surface area contributed by atoms with Gasteiger partial charge in [-0.3, -0.25) is 14.4 Å². The summed E-state index contributed by atoms with van der Waals surface area (Å²) in [6, 6.07) is 4.84. The first-order valence-electron chi connectivity index (χ1n) is 11.3. The van der Waals surface area contributed by atoms with Crippen LogP contribution in [-0.4, -0.2) is 73.5 Å². The number of methoxy groups -OCH3 is 1. The second-order valence-corrected chi connectivity index (χ2v) is 9.18. The van der Waals surface area contributed by atoms with E-state index in [1.54, 1.807) is 37.3 Å². The minimum absolute atomic E-state index is 0.0434. The van der Waals surface area contributed by atoms with Gasteiger partial charge in [0.2, 0.25) is 11.8 Å². The fourth-order valence-corrected chi connectivity index (χ4v) is 4.09. The predicted octanol–water partition coefficient (Wildman–Crippen LogP) is 2.78. The lowest BCUT2D eigenvalue weighted by atomic mass is 10.0. The monoisotopic (exact) mass is 445 g/mol. The average Bonchev–Trinajstić information content (AvgIpc) is 3.56. The molecule has 0 unspecified atom stereocenters. The Balaban J connectivity index is 1.93. The predicted molar refractivity (Wildman–Crippen MR) is 122 cm³/mol. The van der Waals surface area contributed by atoms with Gasteiger partial charge < -0.3 is 24.6 Å². The molecule has 0 bridgehead atoms. The van der Waals surface area contributed by atoms with Crippen LogP contribution in [0.1, 0.15) is 50.4 Å². The maximum atomic E-state index is 13.2. The van der Waals surface area contributed by atoms with Crippen molar-refractivity contribution in [1.82, 2.24) is 9.80 Å². The zero-order chi connectivity index (χ0) is 23.4. The van der Waals surface area contributed by atoms with Crippen LogP contribution in [0.3, 0.4) is 0 Å². The van der Waals surface area contributed by atoms with Crippen molar-refractivity contribution in [2.45, 2.75) is 52.2 Å². The first-order valence-corrected chi connectivity index (χ1v) is 11.3. The number of fused-ring (bicyclic) bond motifs is 1. The minimum Gasteiger partial charge on any atom is -0.491 e. The Kier molecular flexibility index (Phi) is 7.77. The van der Waals surface area contributed by atoms with E-state index in [9.17, 15) is 14.4 Å². The second-order valence-electron chi connectivity index (χ2n) is 9.18. The first kappa shape index (κ1) is 24.0. The molecule has 176 valence electrons.